The molecule has 0 saturated heterocycles. The minimum absolute atomic E-state index is 0. The van der Waals surface area contributed by atoms with Crippen molar-refractivity contribution in [1.82, 2.24) is 5.32 Å². The van der Waals surface area contributed by atoms with Crippen LogP contribution in [0.5, 0.6) is 11.5 Å². The van der Waals surface area contributed by atoms with E-state index in [0.717, 1.165) is 36.3 Å². The van der Waals surface area contributed by atoms with Crippen molar-refractivity contribution in [3.8, 4) is 11.5 Å². The summed E-state index contributed by atoms with van der Waals surface area (Å²) in [4.78, 5) is 12.4. The Labute approximate surface area is 142 Å². The highest BCUT2D eigenvalue weighted by Crippen LogP contribution is 2.30. The Morgan fingerprint density at radius 3 is 3.00 bits per heavy atom. The molecule has 1 fully saturated rings. The lowest BCUT2D eigenvalue weighted by atomic mass is 10.0. The number of nitrogens with one attached hydrogen (secondary N) is 1. The van der Waals surface area contributed by atoms with Gasteiger partial charge in [0.05, 0.1) is 12.7 Å². The molecule has 126 valence electrons. The summed E-state index contributed by atoms with van der Waals surface area (Å²) in [6, 6.07) is 5.77. The van der Waals surface area contributed by atoms with E-state index < -0.39 is 0 Å². The van der Waals surface area contributed by atoms with Gasteiger partial charge >= 0.3 is 0 Å². The molecule has 1 aromatic carbocycles. The first-order valence-corrected chi connectivity index (χ1v) is 7.73. The van der Waals surface area contributed by atoms with Gasteiger partial charge in [0.15, 0.2) is 0 Å². The van der Waals surface area contributed by atoms with E-state index in [9.17, 15) is 4.79 Å². The number of nitrogens with two attached hydrogens (primary N) is 1. The van der Waals surface area contributed by atoms with Crippen LogP contribution in [-0.4, -0.2) is 32.2 Å². The third-order valence-electron chi connectivity index (χ3n) is 4.50. The highest BCUT2D eigenvalue weighted by molar-refractivity contribution is 5.99. The van der Waals surface area contributed by atoms with Gasteiger partial charge in [-0.05, 0) is 49.6 Å². The third-order valence-corrected chi connectivity index (χ3v) is 4.50. The van der Waals surface area contributed by atoms with E-state index in [1.807, 2.05) is 24.3 Å². The number of rotatable bonds is 4. The third kappa shape index (κ3) is 3.79. The molecule has 1 aromatic rings. The number of carbonyl (C=O) groups excluding carboxylic acids is 1. The number of fused-ring (bicyclic) bond motifs is 1. The molecule has 23 heavy (non-hydrogen) atoms. The van der Waals surface area contributed by atoms with Crippen molar-refractivity contribution >= 4 is 24.4 Å². The summed E-state index contributed by atoms with van der Waals surface area (Å²) >= 11 is 0. The molecule has 3 N–H and O–H groups in total. The van der Waals surface area contributed by atoms with Gasteiger partial charge in [0.2, 0.25) is 0 Å². The summed E-state index contributed by atoms with van der Waals surface area (Å²) in [5.41, 5.74) is 7.28. The van der Waals surface area contributed by atoms with Gasteiger partial charge in [0.25, 0.3) is 5.91 Å². The van der Waals surface area contributed by atoms with E-state index in [2.05, 4.69) is 5.32 Å². The van der Waals surface area contributed by atoms with Crippen LogP contribution in [0.4, 0.5) is 0 Å². The van der Waals surface area contributed by atoms with Crippen LogP contribution in [-0.2, 0) is 4.79 Å². The smallest absolute Gasteiger partial charge is 0.250 e. The molecule has 0 aromatic heterocycles. The molecule has 5 nitrogen and oxygen atoms in total. The number of ether oxygens (including phenoxy) is 2. The van der Waals surface area contributed by atoms with E-state index >= 15 is 0 Å². The summed E-state index contributed by atoms with van der Waals surface area (Å²) in [6.07, 6.45) is 5.11. The summed E-state index contributed by atoms with van der Waals surface area (Å²) in [6.45, 7) is 0.922. The molecule has 0 radical (unpaired) electrons. The molecule has 0 spiro atoms. The second-order valence-corrected chi connectivity index (χ2v) is 5.87. The summed E-state index contributed by atoms with van der Waals surface area (Å²) < 4.78 is 10.9. The number of methoxy groups -OCH3 is 1. The molecule has 2 aliphatic rings. The van der Waals surface area contributed by atoms with Crippen molar-refractivity contribution in [2.24, 2.45) is 11.7 Å². The predicted octanol–water partition coefficient (Wildman–Crippen LogP) is 2.14. The lowest BCUT2D eigenvalue weighted by Crippen LogP contribution is -2.41. The number of hydrogen-bond acceptors (Lipinski definition) is 4. The quantitative estimate of drug-likeness (QED) is 0.882. The normalized spacial score (nSPS) is 22.3. The number of halogens is 1. The fourth-order valence-corrected chi connectivity index (χ4v) is 3.18. The largest absolute Gasteiger partial charge is 0.497 e. The zero-order chi connectivity index (χ0) is 15.5. The monoisotopic (exact) mass is 338 g/mol. The van der Waals surface area contributed by atoms with Crippen molar-refractivity contribution in [2.75, 3.05) is 20.3 Å². The van der Waals surface area contributed by atoms with Crippen LogP contribution in [0.25, 0.3) is 6.08 Å². The second kappa shape index (κ2) is 7.70. The Morgan fingerprint density at radius 1 is 1.43 bits per heavy atom. The maximum Gasteiger partial charge on any atom is 0.250 e. The van der Waals surface area contributed by atoms with Crippen LogP contribution in [0, 0.1) is 5.92 Å². The average molecular weight is 339 g/mol. The first-order chi connectivity index (χ1) is 10.7. The summed E-state index contributed by atoms with van der Waals surface area (Å²) in [7, 11) is 1.62. The molecular formula is C17H23ClN2O3. The molecule has 2 unspecified atom stereocenters. The van der Waals surface area contributed by atoms with Crippen molar-refractivity contribution < 1.29 is 14.3 Å². The molecule has 1 aliphatic heterocycles. The highest BCUT2D eigenvalue weighted by Gasteiger charge is 2.28. The van der Waals surface area contributed by atoms with Crippen LogP contribution in [0.1, 0.15) is 24.8 Å². The number of carbonyl (C=O) groups is 1. The zero-order valence-electron chi connectivity index (χ0n) is 13.2. The van der Waals surface area contributed by atoms with Crippen LogP contribution in [0.15, 0.2) is 23.8 Å². The SMILES string of the molecule is COc1ccc2c(c1)C=C(C(=O)NC1CCCC1CN)CO2.Cl. The van der Waals surface area contributed by atoms with Gasteiger partial charge in [-0.1, -0.05) is 6.42 Å². The maximum absolute atomic E-state index is 12.4. The fraction of sp³-hybridized carbons (Fsp3) is 0.471. The highest BCUT2D eigenvalue weighted by atomic mass is 35.5. The molecular weight excluding hydrogens is 316 g/mol. The molecule has 2 atom stereocenters. The van der Waals surface area contributed by atoms with Gasteiger partial charge in [0, 0.05) is 11.6 Å². The standard InChI is InChI=1S/C17H22N2O3.ClH/c1-21-14-5-6-16-12(8-14)7-13(10-22-16)17(20)19-15-4-2-3-11(15)9-18;/h5-8,11,15H,2-4,9-10,18H2,1H3,(H,19,20);1H. The first kappa shape index (κ1) is 17.6. The molecule has 1 saturated carbocycles. The number of amides is 1. The van der Waals surface area contributed by atoms with Crippen LogP contribution < -0.4 is 20.5 Å². The Morgan fingerprint density at radius 2 is 2.26 bits per heavy atom. The Balaban J connectivity index is 0.00000192. The van der Waals surface area contributed by atoms with Crippen LogP contribution in [0.2, 0.25) is 0 Å². The lowest BCUT2D eigenvalue weighted by Gasteiger charge is -2.22. The Bertz CT molecular complexity index is 604. The number of benzene rings is 1. The predicted molar refractivity (Wildman–Crippen MR) is 92.0 cm³/mol. The number of hydrogen-bond donors (Lipinski definition) is 2. The Hall–Kier alpha value is -1.72. The molecule has 1 amide bonds. The minimum atomic E-state index is -0.0566. The van der Waals surface area contributed by atoms with Crippen molar-refractivity contribution in [3.63, 3.8) is 0 Å². The topological polar surface area (TPSA) is 73.6 Å². The molecule has 6 heteroatoms. The van der Waals surface area contributed by atoms with E-state index in [4.69, 9.17) is 15.2 Å². The summed E-state index contributed by atoms with van der Waals surface area (Å²) in [5, 5.41) is 3.11. The van der Waals surface area contributed by atoms with Gasteiger partial charge in [-0.15, -0.1) is 12.4 Å². The minimum Gasteiger partial charge on any atom is -0.497 e. The van der Waals surface area contributed by atoms with Gasteiger partial charge in [-0.2, -0.15) is 0 Å². The van der Waals surface area contributed by atoms with Crippen molar-refractivity contribution in [3.05, 3.63) is 29.3 Å². The van der Waals surface area contributed by atoms with Crippen LogP contribution in [0.3, 0.4) is 0 Å². The van der Waals surface area contributed by atoms with Crippen molar-refractivity contribution in [2.45, 2.75) is 25.3 Å². The first-order valence-electron chi connectivity index (χ1n) is 7.73. The molecule has 0 bridgehead atoms. The van der Waals surface area contributed by atoms with Gasteiger partial charge in [-0.3, -0.25) is 4.79 Å². The van der Waals surface area contributed by atoms with E-state index in [1.54, 1.807) is 7.11 Å². The average Bonchev–Trinajstić information content (AvgIpc) is 3.00. The van der Waals surface area contributed by atoms with Gasteiger partial charge in [0.1, 0.15) is 18.1 Å². The second-order valence-electron chi connectivity index (χ2n) is 5.87. The van der Waals surface area contributed by atoms with E-state index in [1.165, 1.54) is 0 Å². The molecule has 1 heterocycles. The summed E-state index contributed by atoms with van der Waals surface area (Å²) in [5.74, 6) is 1.86. The van der Waals surface area contributed by atoms with Gasteiger partial charge < -0.3 is 20.5 Å². The molecule has 1 aliphatic carbocycles. The van der Waals surface area contributed by atoms with E-state index in [-0.39, 0.29) is 24.4 Å². The van der Waals surface area contributed by atoms with E-state index in [0.29, 0.717) is 24.6 Å². The van der Waals surface area contributed by atoms with Crippen molar-refractivity contribution in [1.29, 1.82) is 0 Å². The fourth-order valence-electron chi connectivity index (χ4n) is 3.18. The Kier molecular flexibility index (Phi) is 5.91. The zero-order valence-corrected chi connectivity index (χ0v) is 14.0. The maximum atomic E-state index is 12.4. The van der Waals surface area contributed by atoms with Gasteiger partial charge in [-0.25, -0.2) is 0 Å². The van der Waals surface area contributed by atoms with Crippen LogP contribution >= 0.6 is 12.4 Å². The molecule has 3 rings (SSSR count). The lowest BCUT2D eigenvalue weighted by molar-refractivity contribution is -0.118.